The molecule has 8 heteroatoms. The van der Waals surface area contributed by atoms with Crippen molar-refractivity contribution in [2.24, 2.45) is 0 Å². The van der Waals surface area contributed by atoms with Gasteiger partial charge in [-0.2, -0.15) is 4.68 Å². The van der Waals surface area contributed by atoms with Crippen LogP contribution in [0.5, 0.6) is 5.75 Å². The Bertz CT molecular complexity index is 1550. The molecule has 0 bridgehead atoms. The molecular formula is C24H18N4O3S. The summed E-state index contributed by atoms with van der Waals surface area (Å²) in [5.74, 6) is 0.605. The molecule has 0 atom stereocenters. The van der Waals surface area contributed by atoms with Crippen molar-refractivity contribution in [1.29, 1.82) is 0 Å². The Balaban J connectivity index is 1.89. The lowest BCUT2D eigenvalue weighted by Gasteiger charge is -2.12. The smallest absolute Gasteiger partial charge is 0.292 e. The van der Waals surface area contributed by atoms with Crippen LogP contribution in [-0.4, -0.2) is 32.9 Å². The molecule has 0 saturated heterocycles. The van der Waals surface area contributed by atoms with E-state index in [0.29, 0.717) is 48.7 Å². The maximum atomic E-state index is 13.3. The van der Waals surface area contributed by atoms with Gasteiger partial charge in [-0.05, 0) is 43.7 Å². The molecule has 5 rings (SSSR count). The molecule has 0 aliphatic carbocycles. The van der Waals surface area contributed by atoms with Crippen LogP contribution in [0.2, 0.25) is 0 Å². The van der Waals surface area contributed by atoms with Crippen molar-refractivity contribution in [2.75, 3.05) is 7.11 Å². The summed E-state index contributed by atoms with van der Waals surface area (Å²) in [5, 5.41) is 9.25. The van der Waals surface area contributed by atoms with Crippen LogP contribution in [0.3, 0.4) is 0 Å². The van der Waals surface area contributed by atoms with E-state index in [1.165, 1.54) is 22.9 Å². The molecule has 0 fully saturated rings. The molecule has 0 N–H and O–H groups in total. The number of methoxy groups -OCH3 is 1. The maximum Gasteiger partial charge on any atom is 0.292 e. The molecule has 32 heavy (non-hydrogen) atoms. The molecule has 0 saturated carbocycles. The fourth-order valence-electron chi connectivity index (χ4n) is 3.91. The van der Waals surface area contributed by atoms with E-state index in [-0.39, 0.29) is 11.3 Å². The molecule has 5 aromatic rings. The van der Waals surface area contributed by atoms with Crippen LogP contribution in [-0.2, 0) is 0 Å². The monoisotopic (exact) mass is 442 g/mol. The molecular weight excluding hydrogens is 424 g/mol. The topological polar surface area (TPSA) is 87.0 Å². The number of fused-ring (bicyclic) bond motifs is 3. The summed E-state index contributed by atoms with van der Waals surface area (Å²) in [5.41, 5.74) is 3.46. The molecule has 0 spiro atoms. The zero-order valence-electron chi connectivity index (χ0n) is 17.6. The SMILES string of the molecule is COc1ccc(-c2c(C(C)=O)c(C)nc3sc4c(=O)n(-c5ccccc5)nnc4c23)cc1. The van der Waals surface area contributed by atoms with E-state index >= 15 is 0 Å². The van der Waals surface area contributed by atoms with Crippen LogP contribution in [0.4, 0.5) is 0 Å². The van der Waals surface area contributed by atoms with Gasteiger partial charge in [0, 0.05) is 16.5 Å². The van der Waals surface area contributed by atoms with Gasteiger partial charge in [-0.3, -0.25) is 9.59 Å². The van der Waals surface area contributed by atoms with E-state index in [9.17, 15) is 9.59 Å². The van der Waals surface area contributed by atoms with Gasteiger partial charge < -0.3 is 4.74 Å². The molecule has 2 aromatic carbocycles. The number of aryl methyl sites for hydroxylation is 1. The van der Waals surface area contributed by atoms with Crippen molar-refractivity contribution in [2.45, 2.75) is 13.8 Å². The van der Waals surface area contributed by atoms with Crippen molar-refractivity contribution < 1.29 is 9.53 Å². The number of Topliss-reactive ketones (excluding diaryl/α,β-unsaturated/α-hetero) is 1. The number of hydrogen-bond donors (Lipinski definition) is 0. The summed E-state index contributed by atoms with van der Waals surface area (Å²) >= 11 is 1.27. The molecule has 158 valence electrons. The number of ketones is 1. The van der Waals surface area contributed by atoms with Gasteiger partial charge >= 0.3 is 0 Å². The second kappa shape index (κ2) is 7.65. The normalized spacial score (nSPS) is 11.2. The van der Waals surface area contributed by atoms with Crippen molar-refractivity contribution in [3.05, 3.63) is 76.2 Å². The predicted molar refractivity (Wildman–Crippen MR) is 125 cm³/mol. The fraction of sp³-hybridized carbons (Fsp3) is 0.125. The van der Waals surface area contributed by atoms with Gasteiger partial charge in [-0.25, -0.2) is 4.98 Å². The van der Waals surface area contributed by atoms with E-state index in [4.69, 9.17) is 4.74 Å². The predicted octanol–water partition coefficient (Wildman–Crippen LogP) is 4.58. The molecule has 3 aromatic heterocycles. The minimum atomic E-state index is -0.271. The summed E-state index contributed by atoms with van der Waals surface area (Å²) in [6.07, 6.45) is 0. The van der Waals surface area contributed by atoms with Gasteiger partial charge in [0.2, 0.25) is 0 Å². The van der Waals surface area contributed by atoms with E-state index in [1.807, 2.05) is 49.4 Å². The van der Waals surface area contributed by atoms with E-state index in [2.05, 4.69) is 15.3 Å². The Labute approximate surface area is 186 Å². The molecule has 0 radical (unpaired) electrons. The van der Waals surface area contributed by atoms with Gasteiger partial charge in [-0.15, -0.1) is 16.4 Å². The number of rotatable bonds is 4. The van der Waals surface area contributed by atoms with Crippen molar-refractivity contribution in [1.82, 2.24) is 20.0 Å². The third-order valence-electron chi connectivity index (χ3n) is 5.35. The van der Waals surface area contributed by atoms with Crippen molar-refractivity contribution in [3.63, 3.8) is 0 Å². The minimum absolute atomic E-state index is 0.104. The first-order chi connectivity index (χ1) is 15.5. The minimum Gasteiger partial charge on any atom is -0.497 e. The van der Waals surface area contributed by atoms with Gasteiger partial charge in [0.05, 0.1) is 18.5 Å². The number of nitrogens with zero attached hydrogens (tertiary/aromatic N) is 4. The van der Waals surface area contributed by atoms with Crippen LogP contribution in [0.15, 0.2) is 59.4 Å². The van der Waals surface area contributed by atoms with Crippen LogP contribution >= 0.6 is 11.3 Å². The third-order valence-corrected chi connectivity index (χ3v) is 6.41. The van der Waals surface area contributed by atoms with Gasteiger partial charge in [0.1, 0.15) is 20.8 Å². The van der Waals surface area contributed by atoms with Crippen LogP contribution in [0.1, 0.15) is 23.0 Å². The average molecular weight is 443 g/mol. The first kappa shape index (κ1) is 20.0. The summed E-state index contributed by atoms with van der Waals surface area (Å²) < 4.78 is 7.00. The zero-order valence-corrected chi connectivity index (χ0v) is 18.4. The third kappa shape index (κ3) is 3.07. The summed E-state index contributed by atoms with van der Waals surface area (Å²) in [6, 6.07) is 16.6. The standard InChI is InChI=1S/C24H18N4O3S/c1-13-18(14(2)29)19(15-9-11-17(31-3)12-10-15)20-21-22(32-23(20)25-13)24(30)28(27-26-21)16-7-5-4-6-8-16/h4-12H,1-3H3. The molecule has 0 unspecified atom stereocenters. The fourth-order valence-corrected chi connectivity index (χ4v) is 5.00. The summed E-state index contributed by atoms with van der Waals surface area (Å²) in [4.78, 5) is 31.2. The maximum absolute atomic E-state index is 13.3. The second-order valence-corrected chi connectivity index (χ2v) is 8.33. The zero-order chi connectivity index (χ0) is 22.4. The van der Waals surface area contributed by atoms with Gasteiger partial charge in [0.25, 0.3) is 5.56 Å². The Morgan fingerprint density at radius 1 is 1.06 bits per heavy atom. The Morgan fingerprint density at radius 2 is 1.78 bits per heavy atom. The van der Waals surface area contributed by atoms with Crippen molar-refractivity contribution >= 4 is 37.6 Å². The number of hydrogen-bond acceptors (Lipinski definition) is 7. The highest BCUT2D eigenvalue weighted by molar-refractivity contribution is 7.25. The first-order valence-electron chi connectivity index (χ1n) is 9.93. The Kier molecular flexibility index (Phi) is 4.79. The van der Waals surface area contributed by atoms with Crippen LogP contribution in [0, 0.1) is 6.92 Å². The number of benzene rings is 2. The number of carbonyl (C=O) groups excluding carboxylic acids is 1. The number of thiophene rings is 1. The second-order valence-electron chi connectivity index (χ2n) is 7.33. The van der Waals surface area contributed by atoms with E-state index in [0.717, 1.165) is 5.56 Å². The lowest BCUT2D eigenvalue weighted by Crippen LogP contribution is -2.21. The molecule has 0 aliphatic heterocycles. The van der Waals surface area contributed by atoms with Crippen molar-refractivity contribution in [3.8, 4) is 22.6 Å². The first-order valence-corrected chi connectivity index (χ1v) is 10.7. The molecule has 0 amide bonds. The Morgan fingerprint density at radius 3 is 2.44 bits per heavy atom. The van der Waals surface area contributed by atoms with E-state index < -0.39 is 0 Å². The largest absolute Gasteiger partial charge is 0.497 e. The lowest BCUT2D eigenvalue weighted by atomic mass is 9.94. The van der Waals surface area contributed by atoms with E-state index in [1.54, 1.807) is 19.2 Å². The molecule has 0 aliphatic rings. The highest BCUT2D eigenvalue weighted by Gasteiger charge is 2.24. The number of pyridine rings is 1. The number of aromatic nitrogens is 4. The number of ether oxygens (including phenoxy) is 1. The molecule has 7 nitrogen and oxygen atoms in total. The van der Waals surface area contributed by atoms with Gasteiger partial charge in [-0.1, -0.05) is 35.5 Å². The van der Waals surface area contributed by atoms with Gasteiger partial charge in [0.15, 0.2) is 5.78 Å². The Hall–Kier alpha value is -3.91. The summed E-state index contributed by atoms with van der Waals surface area (Å²) in [6.45, 7) is 3.33. The lowest BCUT2D eigenvalue weighted by molar-refractivity contribution is 0.101. The summed E-state index contributed by atoms with van der Waals surface area (Å²) in [7, 11) is 1.60. The van der Waals surface area contributed by atoms with Crippen LogP contribution < -0.4 is 10.3 Å². The van der Waals surface area contributed by atoms with Crippen LogP contribution in [0.25, 0.3) is 37.2 Å². The number of para-hydroxylation sites is 1. The average Bonchev–Trinajstić information content (AvgIpc) is 3.17. The highest BCUT2D eigenvalue weighted by atomic mass is 32.1. The molecule has 3 heterocycles. The highest BCUT2D eigenvalue weighted by Crippen LogP contribution is 2.40. The number of carbonyl (C=O) groups is 1. The quantitative estimate of drug-likeness (QED) is 0.379.